The van der Waals surface area contributed by atoms with Gasteiger partial charge in [-0.1, -0.05) is 11.6 Å². The van der Waals surface area contributed by atoms with E-state index >= 15 is 0 Å². The normalized spacial score (nSPS) is 11.5. The van der Waals surface area contributed by atoms with Crippen molar-refractivity contribution >= 4 is 33.2 Å². The third-order valence-electron chi connectivity index (χ3n) is 2.71. The second-order valence-corrected chi connectivity index (χ2v) is 6.61. The minimum absolute atomic E-state index is 0.0757. The fraction of sp³-hybridized carbons (Fsp3) is 0.417. The van der Waals surface area contributed by atoms with Crippen molar-refractivity contribution in [3.8, 4) is 0 Å². The summed E-state index contributed by atoms with van der Waals surface area (Å²) in [6, 6.07) is 2.78. The van der Waals surface area contributed by atoms with Gasteiger partial charge in [-0.2, -0.15) is 0 Å². The molecule has 5 N–H and O–H groups in total. The molecule has 0 saturated heterocycles. The molecule has 0 saturated carbocycles. The third kappa shape index (κ3) is 4.66. The first-order valence-corrected chi connectivity index (χ1v) is 7.93. The summed E-state index contributed by atoms with van der Waals surface area (Å²) in [5.41, 5.74) is 11.5. The van der Waals surface area contributed by atoms with E-state index in [0.717, 1.165) is 0 Å². The first-order valence-electron chi connectivity index (χ1n) is 6.07. The van der Waals surface area contributed by atoms with Gasteiger partial charge in [0, 0.05) is 13.0 Å². The first-order chi connectivity index (χ1) is 9.24. The quantitative estimate of drug-likeness (QED) is 0.516. The fourth-order valence-corrected chi connectivity index (χ4v) is 2.93. The molecule has 0 fully saturated rings. The number of anilines is 1. The lowest BCUT2D eigenvalue weighted by Crippen LogP contribution is -2.25. The van der Waals surface area contributed by atoms with Crippen molar-refractivity contribution < 1.29 is 13.2 Å². The molecule has 8 heteroatoms. The van der Waals surface area contributed by atoms with Crippen LogP contribution < -0.4 is 16.2 Å². The number of primary amides is 1. The van der Waals surface area contributed by atoms with Crippen LogP contribution in [0.4, 0.5) is 5.69 Å². The van der Waals surface area contributed by atoms with Gasteiger partial charge in [-0.3, -0.25) is 4.79 Å². The molecule has 0 aliphatic rings. The van der Waals surface area contributed by atoms with Gasteiger partial charge in [0.2, 0.25) is 15.9 Å². The number of hydrogen-bond acceptors (Lipinski definition) is 4. The Hall–Kier alpha value is -1.31. The zero-order chi connectivity index (χ0) is 15.3. The van der Waals surface area contributed by atoms with Crippen LogP contribution >= 0.6 is 11.6 Å². The van der Waals surface area contributed by atoms with Crippen molar-refractivity contribution in [3.05, 3.63) is 22.7 Å². The molecule has 0 aliphatic carbocycles. The van der Waals surface area contributed by atoms with E-state index in [0.29, 0.717) is 23.4 Å². The summed E-state index contributed by atoms with van der Waals surface area (Å²) in [4.78, 5) is 10.6. The van der Waals surface area contributed by atoms with Crippen LogP contribution in [0.5, 0.6) is 0 Å². The molecule has 0 spiro atoms. The summed E-state index contributed by atoms with van der Waals surface area (Å²) in [5.74, 6) is -0.394. The highest BCUT2D eigenvalue weighted by molar-refractivity contribution is 7.89. The fourth-order valence-electron chi connectivity index (χ4n) is 1.63. The molecular formula is C12H18ClN3O3S. The highest BCUT2D eigenvalue weighted by atomic mass is 35.5. The lowest BCUT2D eigenvalue weighted by atomic mass is 10.2. The number of nitrogens with one attached hydrogen (secondary N) is 1. The second-order valence-electron chi connectivity index (χ2n) is 4.46. The van der Waals surface area contributed by atoms with Crippen LogP contribution in [-0.4, -0.2) is 20.9 Å². The topological polar surface area (TPSA) is 115 Å². The number of sulfonamides is 1. The van der Waals surface area contributed by atoms with Crippen LogP contribution in [0.15, 0.2) is 17.0 Å². The molecule has 1 amide bonds. The zero-order valence-corrected chi connectivity index (χ0v) is 12.7. The number of hydrogen-bond donors (Lipinski definition) is 3. The molecule has 0 heterocycles. The summed E-state index contributed by atoms with van der Waals surface area (Å²) in [6.07, 6.45) is 1.32. The van der Waals surface area contributed by atoms with Gasteiger partial charge >= 0.3 is 0 Å². The van der Waals surface area contributed by atoms with Crippen LogP contribution in [-0.2, 0) is 14.8 Å². The van der Waals surface area contributed by atoms with Crippen molar-refractivity contribution in [3.63, 3.8) is 0 Å². The van der Waals surface area contributed by atoms with Gasteiger partial charge in [0.05, 0.1) is 15.6 Å². The van der Waals surface area contributed by atoms with E-state index in [1.165, 1.54) is 12.1 Å². The Balaban J connectivity index is 2.67. The standard InChI is InChI=1S/C12H18ClN3O3S/c1-8-6-9(7-10(14)12(8)13)20(18,19)16-5-3-2-4-11(15)17/h6-7,16H,2-5,14H2,1H3,(H2,15,17). The summed E-state index contributed by atoms with van der Waals surface area (Å²) in [6.45, 7) is 1.92. The van der Waals surface area contributed by atoms with E-state index in [1.807, 2.05) is 0 Å². The van der Waals surface area contributed by atoms with Crippen LogP contribution in [0.3, 0.4) is 0 Å². The number of nitrogen functional groups attached to an aromatic ring is 1. The number of aryl methyl sites for hydroxylation is 1. The molecule has 1 aromatic carbocycles. The average molecular weight is 320 g/mol. The zero-order valence-electron chi connectivity index (χ0n) is 11.1. The molecule has 0 atom stereocenters. The van der Waals surface area contributed by atoms with Crippen molar-refractivity contribution in [1.29, 1.82) is 0 Å². The Morgan fingerprint density at radius 2 is 2.00 bits per heavy atom. The second kappa shape index (κ2) is 6.92. The van der Waals surface area contributed by atoms with Gasteiger partial charge in [-0.25, -0.2) is 13.1 Å². The number of carbonyl (C=O) groups excluding carboxylic acids is 1. The highest BCUT2D eigenvalue weighted by Crippen LogP contribution is 2.26. The van der Waals surface area contributed by atoms with Crippen molar-refractivity contribution in [2.24, 2.45) is 5.73 Å². The molecule has 1 rings (SSSR count). The largest absolute Gasteiger partial charge is 0.397 e. The predicted octanol–water partition coefficient (Wildman–Crippen LogP) is 1.16. The predicted molar refractivity (Wildman–Crippen MR) is 78.8 cm³/mol. The smallest absolute Gasteiger partial charge is 0.240 e. The van der Waals surface area contributed by atoms with Crippen molar-refractivity contribution in [1.82, 2.24) is 4.72 Å². The summed E-state index contributed by atoms with van der Waals surface area (Å²) in [7, 11) is -3.63. The maximum absolute atomic E-state index is 12.0. The third-order valence-corrected chi connectivity index (χ3v) is 4.67. The SMILES string of the molecule is Cc1cc(S(=O)(=O)NCCCCC(N)=O)cc(N)c1Cl. The number of carbonyl (C=O) groups is 1. The van der Waals surface area contributed by atoms with Gasteiger partial charge in [0.1, 0.15) is 0 Å². The number of nitrogens with two attached hydrogens (primary N) is 2. The summed E-state index contributed by atoms with van der Waals surface area (Å²) >= 11 is 5.89. The van der Waals surface area contributed by atoms with Crippen LogP contribution in [0, 0.1) is 6.92 Å². The Morgan fingerprint density at radius 1 is 1.35 bits per heavy atom. The lowest BCUT2D eigenvalue weighted by Gasteiger charge is -2.09. The van der Waals surface area contributed by atoms with Gasteiger partial charge in [0.15, 0.2) is 0 Å². The molecule has 1 aromatic rings. The number of halogens is 1. The van der Waals surface area contributed by atoms with E-state index in [-0.39, 0.29) is 23.5 Å². The molecule has 20 heavy (non-hydrogen) atoms. The van der Waals surface area contributed by atoms with E-state index in [1.54, 1.807) is 6.92 Å². The molecule has 0 bridgehead atoms. The van der Waals surface area contributed by atoms with Crippen LogP contribution in [0.2, 0.25) is 5.02 Å². The van der Waals surface area contributed by atoms with Gasteiger partial charge < -0.3 is 11.5 Å². The van der Waals surface area contributed by atoms with Gasteiger partial charge in [-0.05, 0) is 37.5 Å². The minimum Gasteiger partial charge on any atom is -0.397 e. The first kappa shape index (κ1) is 16.7. The van der Waals surface area contributed by atoms with Crippen molar-refractivity contribution in [2.45, 2.75) is 31.1 Å². The van der Waals surface area contributed by atoms with Crippen LogP contribution in [0.1, 0.15) is 24.8 Å². The number of benzene rings is 1. The Morgan fingerprint density at radius 3 is 2.55 bits per heavy atom. The number of unbranched alkanes of at least 4 members (excludes halogenated alkanes) is 1. The Bertz CT molecular complexity index is 579. The summed E-state index contributed by atoms with van der Waals surface area (Å²) in [5, 5.41) is 0.352. The maximum atomic E-state index is 12.0. The molecule has 112 valence electrons. The highest BCUT2D eigenvalue weighted by Gasteiger charge is 2.16. The Kier molecular flexibility index (Phi) is 5.79. The van der Waals surface area contributed by atoms with Gasteiger partial charge in [-0.15, -0.1) is 0 Å². The van der Waals surface area contributed by atoms with E-state index < -0.39 is 15.9 Å². The lowest BCUT2D eigenvalue weighted by molar-refractivity contribution is -0.118. The van der Waals surface area contributed by atoms with E-state index in [4.69, 9.17) is 23.1 Å². The number of rotatable bonds is 7. The molecule has 0 aliphatic heterocycles. The maximum Gasteiger partial charge on any atom is 0.240 e. The molecule has 0 aromatic heterocycles. The monoisotopic (exact) mass is 319 g/mol. The Labute approximate surface area is 123 Å². The molecule has 0 unspecified atom stereocenters. The van der Waals surface area contributed by atoms with Crippen molar-refractivity contribution in [2.75, 3.05) is 12.3 Å². The van der Waals surface area contributed by atoms with E-state index in [2.05, 4.69) is 4.72 Å². The van der Waals surface area contributed by atoms with Crippen LogP contribution in [0.25, 0.3) is 0 Å². The van der Waals surface area contributed by atoms with E-state index in [9.17, 15) is 13.2 Å². The minimum atomic E-state index is -3.63. The van der Waals surface area contributed by atoms with Gasteiger partial charge in [0.25, 0.3) is 0 Å². The molecule has 0 radical (unpaired) electrons. The average Bonchev–Trinajstić information content (AvgIpc) is 2.34. The number of amides is 1. The molecular weight excluding hydrogens is 302 g/mol. The summed E-state index contributed by atoms with van der Waals surface area (Å²) < 4.78 is 26.5. The molecule has 6 nitrogen and oxygen atoms in total.